The number of aliphatic hydroxyl groups excluding tert-OH is 11. The largest absolute Gasteiger partial charge is 0.394 e. The van der Waals surface area contributed by atoms with E-state index < -0.39 is 124 Å². The lowest BCUT2D eigenvalue weighted by Gasteiger charge is -2.48. The molecule has 3 aliphatic rings. The Morgan fingerprint density at radius 1 is 0.529 bits per heavy atom. The molecule has 3 fully saturated rings. The molecule has 0 aromatic carbocycles. The van der Waals surface area contributed by atoms with Crippen molar-refractivity contribution in [2.24, 2.45) is 0 Å². The van der Waals surface area contributed by atoms with E-state index in [1.54, 1.807) is 12.2 Å². The van der Waals surface area contributed by atoms with Crippen molar-refractivity contribution in [3.05, 3.63) is 48.6 Å². The van der Waals surface area contributed by atoms with Crippen molar-refractivity contribution in [1.29, 1.82) is 0 Å². The van der Waals surface area contributed by atoms with Crippen LogP contribution in [0, 0.1) is 0 Å². The summed E-state index contributed by atoms with van der Waals surface area (Å²) in [4.78, 5) is 13.2. The van der Waals surface area contributed by atoms with E-state index in [1.165, 1.54) is 44.9 Å². The van der Waals surface area contributed by atoms with Crippen LogP contribution in [0.15, 0.2) is 48.6 Å². The summed E-state index contributed by atoms with van der Waals surface area (Å²) < 4.78 is 34.0. The standard InChI is InChI=1S/C51H89NO18/c1-3-5-7-9-11-13-14-15-16-17-18-19-21-23-25-27-29-39(57)52-34(35(56)28-26-24-22-20-12-10-8-6-4-2)33-65-49-45(63)42(60)47(37(31-54)67-49)70-51-46(64)43(61)48(38(32-55)68-51)69-50-44(62)41(59)40(58)36(30-53)66-50/h4,6,12,16-17,20,26,28,34-38,40-51,53-56,58-64H,3,5,7-11,13-15,18-19,21-25,27,29-33H2,1-2H3,(H,52,57)/b6-4+,17-16-,20-12+,28-26+. The van der Waals surface area contributed by atoms with E-state index in [2.05, 4.69) is 42.6 Å². The van der Waals surface area contributed by atoms with Gasteiger partial charge in [0.1, 0.15) is 73.2 Å². The molecule has 70 heavy (non-hydrogen) atoms. The number of carbonyl (C=O) groups excluding carboxylic acids is 1. The third kappa shape index (κ3) is 21.3. The lowest BCUT2D eigenvalue weighted by atomic mass is 9.96. The fraction of sp³-hybridized carbons (Fsp3) is 0.824. The first kappa shape index (κ1) is 62.0. The van der Waals surface area contributed by atoms with Crippen LogP contribution >= 0.6 is 0 Å². The van der Waals surface area contributed by atoms with Gasteiger partial charge < -0.3 is 89.9 Å². The van der Waals surface area contributed by atoms with E-state index in [4.69, 9.17) is 28.4 Å². The number of amides is 1. The van der Waals surface area contributed by atoms with Gasteiger partial charge >= 0.3 is 0 Å². The molecule has 0 radical (unpaired) electrons. The van der Waals surface area contributed by atoms with Crippen molar-refractivity contribution in [3.8, 4) is 0 Å². The second-order valence-corrected chi connectivity index (χ2v) is 18.6. The number of rotatable bonds is 35. The van der Waals surface area contributed by atoms with Crippen LogP contribution in [-0.2, 0) is 33.2 Å². The molecule has 406 valence electrons. The molecule has 3 aliphatic heterocycles. The Balaban J connectivity index is 1.55. The molecule has 19 heteroatoms. The van der Waals surface area contributed by atoms with Crippen molar-refractivity contribution < 1.29 is 89.4 Å². The molecule has 17 atom stereocenters. The van der Waals surface area contributed by atoms with Gasteiger partial charge in [0.05, 0.1) is 38.6 Å². The van der Waals surface area contributed by atoms with E-state index in [-0.39, 0.29) is 18.9 Å². The minimum absolute atomic E-state index is 0.220. The van der Waals surface area contributed by atoms with Crippen LogP contribution in [0.25, 0.3) is 0 Å². The van der Waals surface area contributed by atoms with E-state index in [0.29, 0.717) is 12.8 Å². The summed E-state index contributed by atoms with van der Waals surface area (Å²) in [5.74, 6) is -0.305. The van der Waals surface area contributed by atoms with E-state index in [9.17, 15) is 61.0 Å². The van der Waals surface area contributed by atoms with Crippen LogP contribution in [0.1, 0.15) is 136 Å². The molecule has 12 N–H and O–H groups in total. The molecule has 0 aromatic heterocycles. The number of unbranched alkanes of at least 4 members (excludes halogenated alkanes) is 14. The van der Waals surface area contributed by atoms with E-state index in [0.717, 1.165) is 57.8 Å². The number of hydrogen-bond donors (Lipinski definition) is 12. The highest BCUT2D eigenvalue weighted by molar-refractivity contribution is 5.76. The van der Waals surface area contributed by atoms with Crippen LogP contribution in [-0.4, -0.2) is 193 Å². The first-order valence-corrected chi connectivity index (χ1v) is 25.9. The van der Waals surface area contributed by atoms with Crippen LogP contribution in [0.4, 0.5) is 0 Å². The summed E-state index contributed by atoms with van der Waals surface area (Å²) in [7, 11) is 0. The zero-order valence-corrected chi connectivity index (χ0v) is 41.5. The number of ether oxygens (including phenoxy) is 6. The molecule has 0 saturated carbocycles. The average Bonchev–Trinajstić information content (AvgIpc) is 3.35. The monoisotopic (exact) mass is 1000 g/mol. The Morgan fingerprint density at radius 2 is 0.971 bits per heavy atom. The molecule has 19 nitrogen and oxygen atoms in total. The van der Waals surface area contributed by atoms with Gasteiger partial charge in [0.15, 0.2) is 18.9 Å². The molecule has 0 aromatic rings. The third-order valence-corrected chi connectivity index (χ3v) is 12.9. The van der Waals surface area contributed by atoms with Crippen LogP contribution in [0.5, 0.6) is 0 Å². The Labute approximate surface area is 414 Å². The Kier molecular flexibility index (Phi) is 31.8. The quantitative estimate of drug-likeness (QED) is 0.0319. The Bertz CT molecular complexity index is 1480. The molecular weight excluding hydrogens is 915 g/mol. The predicted molar refractivity (Wildman–Crippen MR) is 259 cm³/mol. The topological polar surface area (TPSA) is 307 Å². The van der Waals surface area contributed by atoms with E-state index >= 15 is 0 Å². The van der Waals surface area contributed by atoms with Crippen molar-refractivity contribution in [1.82, 2.24) is 5.32 Å². The van der Waals surface area contributed by atoms with Crippen molar-refractivity contribution in [2.75, 3.05) is 26.4 Å². The lowest BCUT2D eigenvalue weighted by Crippen LogP contribution is -2.66. The van der Waals surface area contributed by atoms with Crippen molar-refractivity contribution in [2.45, 2.75) is 240 Å². The number of hydrogen-bond acceptors (Lipinski definition) is 18. The summed E-state index contributed by atoms with van der Waals surface area (Å²) >= 11 is 0. The summed E-state index contributed by atoms with van der Waals surface area (Å²) in [6.45, 7) is 1.40. The first-order chi connectivity index (χ1) is 33.8. The second-order valence-electron chi connectivity index (χ2n) is 18.6. The highest BCUT2D eigenvalue weighted by Crippen LogP contribution is 2.33. The van der Waals surface area contributed by atoms with Gasteiger partial charge in [-0.3, -0.25) is 4.79 Å². The normalized spacial score (nSPS) is 33.0. The molecule has 3 rings (SSSR count). The smallest absolute Gasteiger partial charge is 0.220 e. The van der Waals surface area contributed by atoms with Gasteiger partial charge in [-0.25, -0.2) is 0 Å². The Hall–Kier alpha value is -2.25. The van der Waals surface area contributed by atoms with Gasteiger partial charge in [0, 0.05) is 6.42 Å². The molecule has 0 aliphatic carbocycles. The maximum Gasteiger partial charge on any atom is 0.220 e. The maximum absolute atomic E-state index is 13.2. The van der Waals surface area contributed by atoms with Crippen LogP contribution < -0.4 is 5.32 Å². The zero-order valence-electron chi connectivity index (χ0n) is 41.5. The average molecular weight is 1000 g/mol. The fourth-order valence-corrected chi connectivity index (χ4v) is 8.57. The van der Waals surface area contributed by atoms with E-state index in [1.807, 2.05) is 13.0 Å². The van der Waals surface area contributed by atoms with Gasteiger partial charge in [0.25, 0.3) is 0 Å². The molecule has 0 bridgehead atoms. The summed E-state index contributed by atoms with van der Waals surface area (Å²) in [5.41, 5.74) is 0. The zero-order chi connectivity index (χ0) is 51.3. The lowest BCUT2D eigenvalue weighted by molar-refractivity contribution is -0.379. The SMILES string of the molecule is C/C=C/CC/C=C/CC/C=C/C(O)C(COC1OC(CO)C(OC2OC(CO)C(OC3OC(CO)C(O)C(O)C3O)C(O)C2O)C(O)C1O)NC(=O)CCCCCCC/C=C\CCCCCCCCC. The minimum Gasteiger partial charge on any atom is -0.394 e. The highest BCUT2D eigenvalue weighted by Gasteiger charge is 2.53. The summed E-state index contributed by atoms with van der Waals surface area (Å²) in [6.07, 6.45) is 8.66. The van der Waals surface area contributed by atoms with Gasteiger partial charge in [0.2, 0.25) is 5.91 Å². The number of nitrogens with one attached hydrogen (secondary N) is 1. The fourth-order valence-electron chi connectivity index (χ4n) is 8.57. The van der Waals surface area contributed by atoms with Gasteiger partial charge in [-0.2, -0.15) is 0 Å². The first-order valence-electron chi connectivity index (χ1n) is 25.9. The van der Waals surface area contributed by atoms with Crippen molar-refractivity contribution >= 4 is 5.91 Å². The second kappa shape index (κ2) is 35.8. The minimum atomic E-state index is -1.98. The molecule has 3 heterocycles. The molecular formula is C51H89NO18. The van der Waals surface area contributed by atoms with Crippen molar-refractivity contribution in [3.63, 3.8) is 0 Å². The molecule has 17 unspecified atom stereocenters. The Morgan fingerprint density at radius 3 is 1.51 bits per heavy atom. The molecule has 1 amide bonds. The third-order valence-electron chi connectivity index (χ3n) is 12.9. The summed E-state index contributed by atoms with van der Waals surface area (Å²) in [6, 6.07) is -0.997. The van der Waals surface area contributed by atoms with Gasteiger partial charge in [-0.1, -0.05) is 113 Å². The summed E-state index contributed by atoms with van der Waals surface area (Å²) in [5, 5.41) is 119. The maximum atomic E-state index is 13.2. The molecule has 3 saturated heterocycles. The predicted octanol–water partition coefficient (Wildman–Crippen LogP) is 1.97. The van der Waals surface area contributed by atoms with Gasteiger partial charge in [-0.05, 0) is 64.7 Å². The number of allylic oxidation sites excluding steroid dienone is 7. The van der Waals surface area contributed by atoms with Crippen LogP contribution in [0.3, 0.4) is 0 Å². The van der Waals surface area contributed by atoms with Crippen LogP contribution in [0.2, 0.25) is 0 Å². The molecule has 0 spiro atoms. The number of carbonyl (C=O) groups is 1. The highest BCUT2D eigenvalue weighted by atomic mass is 16.8. The van der Waals surface area contributed by atoms with Gasteiger partial charge in [-0.15, -0.1) is 0 Å². The number of aliphatic hydroxyl groups is 11.